The van der Waals surface area contributed by atoms with Gasteiger partial charge in [0.15, 0.2) is 0 Å². The first-order valence-corrected chi connectivity index (χ1v) is 7.33. The van der Waals surface area contributed by atoms with Gasteiger partial charge in [0, 0.05) is 25.7 Å². The molecule has 0 aliphatic carbocycles. The van der Waals surface area contributed by atoms with E-state index in [9.17, 15) is 19.2 Å². The molecule has 0 saturated carbocycles. The number of amides is 2. The number of hydroxylamine groups is 2. The Morgan fingerprint density at radius 3 is 2.27 bits per heavy atom. The molecule has 0 aromatic rings. The SMILES string of the molecule is C=C(CCC)COC(=O)CCCC(=O)ON1C(=O)CCC1=O. The average Bonchev–Trinajstić information content (AvgIpc) is 2.77. The fraction of sp³-hybridized carbons (Fsp3) is 0.600. The first-order chi connectivity index (χ1) is 10.4. The minimum atomic E-state index is -0.716. The zero-order valence-corrected chi connectivity index (χ0v) is 12.8. The van der Waals surface area contributed by atoms with E-state index < -0.39 is 23.8 Å². The van der Waals surface area contributed by atoms with Crippen molar-refractivity contribution in [3.63, 3.8) is 0 Å². The Morgan fingerprint density at radius 1 is 1.09 bits per heavy atom. The number of ether oxygens (including phenoxy) is 1. The number of nitrogens with zero attached hydrogens (tertiary/aromatic N) is 1. The minimum Gasteiger partial charge on any atom is -0.461 e. The van der Waals surface area contributed by atoms with Crippen LogP contribution < -0.4 is 0 Å². The summed E-state index contributed by atoms with van der Waals surface area (Å²) >= 11 is 0. The van der Waals surface area contributed by atoms with Crippen molar-refractivity contribution in [2.24, 2.45) is 0 Å². The number of hydrogen-bond acceptors (Lipinski definition) is 6. The minimum absolute atomic E-state index is 0.0556. The molecule has 22 heavy (non-hydrogen) atoms. The lowest BCUT2D eigenvalue weighted by Crippen LogP contribution is -2.32. The van der Waals surface area contributed by atoms with Gasteiger partial charge in [-0.15, -0.1) is 5.06 Å². The molecule has 0 atom stereocenters. The predicted octanol–water partition coefficient (Wildman–Crippen LogP) is 1.66. The summed E-state index contributed by atoms with van der Waals surface area (Å²) in [6.07, 6.45) is 2.08. The molecule has 2 amide bonds. The molecule has 122 valence electrons. The summed E-state index contributed by atoms with van der Waals surface area (Å²) in [5.41, 5.74) is 0.848. The Morgan fingerprint density at radius 2 is 1.68 bits per heavy atom. The van der Waals surface area contributed by atoms with Crippen molar-refractivity contribution in [1.82, 2.24) is 5.06 Å². The predicted molar refractivity (Wildman–Crippen MR) is 76.0 cm³/mol. The molecule has 1 fully saturated rings. The first kappa shape index (κ1) is 17.9. The fourth-order valence-electron chi connectivity index (χ4n) is 1.86. The number of carbonyl (C=O) groups is 4. The molecule has 0 spiro atoms. The van der Waals surface area contributed by atoms with Gasteiger partial charge in [-0.25, -0.2) is 4.79 Å². The molecule has 1 aliphatic heterocycles. The van der Waals surface area contributed by atoms with Gasteiger partial charge < -0.3 is 9.57 Å². The summed E-state index contributed by atoms with van der Waals surface area (Å²) in [5.74, 6) is -2.18. The lowest BCUT2D eigenvalue weighted by Gasteiger charge is -2.12. The molecule has 1 saturated heterocycles. The maximum atomic E-state index is 11.5. The molecular weight excluding hydrogens is 290 g/mol. The van der Waals surface area contributed by atoms with Crippen molar-refractivity contribution < 1.29 is 28.8 Å². The molecule has 1 aliphatic rings. The molecule has 0 N–H and O–H groups in total. The normalized spacial score (nSPS) is 14.1. The average molecular weight is 311 g/mol. The Kier molecular flexibility index (Phi) is 7.28. The second-order valence-corrected chi connectivity index (χ2v) is 5.06. The van der Waals surface area contributed by atoms with Gasteiger partial charge >= 0.3 is 11.9 Å². The van der Waals surface area contributed by atoms with Crippen LogP contribution in [0.1, 0.15) is 51.9 Å². The van der Waals surface area contributed by atoms with Crippen LogP contribution in [0.25, 0.3) is 0 Å². The number of hydrogen-bond donors (Lipinski definition) is 0. The first-order valence-electron chi connectivity index (χ1n) is 7.33. The topological polar surface area (TPSA) is 90.0 Å². The van der Waals surface area contributed by atoms with Crippen LogP contribution in [-0.4, -0.2) is 35.4 Å². The van der Waals surface area contributed by atoms with E-state index in [1.165, 1.54) is 0 Å². The lowest BCUT2D eigenvalue weighted by molar-refractivity contribution is -0.197. The molecule has 1 rings (SSSR count). The smallest absolute Gasteiger partial charge is 0.333 e. The van der Waals surface area contributed by atoms with E-state index >= 15 is 0 Å². The highest BCUT2D eigenvalue weighted by Crippen LogP contribution is 2.13. The summed E-state index contributed by atoms with van der Waals surface area (Å²) in [6.45, 7) is 5.97. The maximum absolute atomic E-state index is 11.5. The van der Waals surface area contributed by atoms with Crippen LogP contribution in [0.15, 0.2) is 12.2 Å². The van der Waals surface area contributed by atoms with E-state index in [2.05, 4.69) is 11.4 Å². The van der Waals surface area contributed by atoms with Crippen LogP contribution >= 0.6 is 0 Å². The molecule has 0 aromatic carbocycles. The third-order valence-corrected chi connectivity index (χ3v) is 3.00. The highest BCUT2D eigenvalue weighted by atomic mass is 16.7. The van der Waals surface area contributed by atoms with Crippen LogP contribution in [-0.2, 0) is 28.8 Å². The van der Waals surface area contributed by atoms with Crippen molar-refractivity contribution in [3.05, 3.63) is 12.2 Å². The van der Waals surface area contributed by atoms with Crippen molar-refractivity contribution in [2.75, 3.05) is 6.61 Å². The summed E-state index contributed by atoms with van der Waals surface area (Å²) in [5, 5.41) is 0.495. The van der Waals surface area contributed by atoms with Crippen molar-refractivity contribution in [1.29, 1.82) is 0 Å². The molecular formula is C15H21NO6. The molecule has 7 heteroatoms. The molecule has 1 heterocycles. The summed E-state index contributed by atoms with van der Waals surface area (Å²) in [6, 6.07) is 0. The van der Waals surface area contributed by atoms with Gasteiger partial charge in [-0.05, 0) is 18.4 Å². The highest BCUT2D eigenvalue weighted by Gasteiger charge is 2.32. The second kappa shape index (κ2) is 8.96. The van der Waals surface area contributed by atoms with E-state index in [1.54, 1.807) is 0 Å². The van der Waals surface area contributed by atoms with Crippen molar-refractivity contribution in [3.8, 4) is 0 Å². The van der Waals surface area contributed by atoms with Gasteiger partial charge in [0.05, 0.1) is 0 Å². The van der Waals surface area contributed by atoms with Gasteiger partial charge in [-0.2, -0.15) is 0 Å². The van der Waals surface area contributed by atoms with Gasteiger partial charge in [0.25, 0.3) is 11.8 Å². The quantitative estimate of drug-likeness (QED) is 0.365. The van der Waals surface area contributed by atoms with E-state index in [0.717, 1.165) is 18.4 Å². The van der Waals surface area contributed by atoms with Crippen LogP contribution in [0.2, 0.25) is 0 Å². The number of carbonyl (C=O) groups excluding carboxylic acids is 4. The number of esters is 1. The number of rotatable bonds is 9. The monoisotopic (exact) mass is 311 g/mol. The zero-order valence-electron chi connectivity index (χ0n) is 12.8. The largest absolute Gasteiger partial charge is 0.461 e. The molecule has 0 bridgehead atoms. The summed E-state index contributed by atoms with van der Waals surface area (Å²) in [7, 11) is 0. The van der Waals surface area contributed by atoms with Crippen LogP contribution in [0.4, 0.5) is 0 Å². The van der Waals surface area contributed by atoms with E-state index in [-0.39, 0.29) is 38.7 Å². The van der Waals surface area contributed by atoms with Gasteiger partial charge in [-0.3, -0.25) is 14.4 Å². The van der Waals surface area contributed by atoms with E-state index in [0.29, 0.717) is 5.06 Å². The van der Waals surface area contributed by atoms with E-state index in [4.69, 9.17) is 4.74 Å². The Balaban J connectivity index is 2.16. The zero-order chi connectivity index (χ0) is 16.5. The fourth-order valence-corrected chi connectivity index (χ4v) is 1.86. The van der Waals surface area contributed by atoms with E-state index in [1.807, 2.05) is 6.92 Å². The van der Waals surface area contributed by atoms with Crippen molar-refractivity contribution >= 4 is 23.8 Å². The molecule has 0 radical (unpaired) electrons. The van der Waals surface area contributed by atoms with Gasteiger partial charge in [0.2, 0.25) is 0 Å². The van der Waals surface area contributed by atoms with Gasteiger partial charge in [0.1, 0.15) is 6.61 Å². The van der Waals surface area contributed by atoms with Crippen LogP contribution in [0.3, 0.4) is 0 Å². The van der Waals surface area contributed by atoms with Crippen molar-refractivity contribution in [2.45, 2.75) is 51.9 Å². The van der Waals surface area contributed by atoms with Crippen LogP contribution in [0.5, 0.6) is 0 Å². The third kappa shape index (κ3) is 6.07. The Bertz CT molecular complexity index is 455. The Hall–Kier alpha value is -2.18. The molecule has 0 aromatic heterocycles. The maximum Gasteiger partial charge on any atom is 0.333 e. The number of imide groups is 1. The summed E-state index contributed by atoms with van der Waals surface area (Å²) < 4.78 is 5.00. The Labute approximate surface area is 129 Å². The van der Waals surface area contributed by atoms with Crippen LogP contribution in [0, 0.1) is 0 Å². The standard InChI is InChI=1S/C15H21NO6/c1-3-5-11(2)10-21-14(19)6-4-7-15(20)22-16-12(17)8-9-13(16)18/h2-10H2,1H3. The summed E-state index contributed by atoms with van der Waals surface area (Å²) in [4.78, 5) is 50.1. The molecule has 0 unspecified atom stereocenters. The lowest BCUT2D eigenvalue weighted by atomic mass is 10.2. The highest BCUT2D eigenvalue weighted by molar-refractivity contribution is 6.01. The molecule has 7 nitrogen and oxygen atoms in total. The second-order valence-electron chi connectivity index (χ2n) is 5.06. The third-order valence-electron chi connectivity index (χ3n) is 3.00. The van der Waals surface area contributed by atoms with Gasteiger partial charge in [-0.1, -0.05) is 19.9 Å².